The molecule has 116 valence electrons. The minimum absolute atomic E-state index is 0.387. The number of aromatic amines is 1. The first-order valence-corrected chi connectivity index (χ1v) is 7.01. The number of anilines is 3. The van der Waals surface area contributed by atoms with Crippen molar-refractivity contribution in [3.8, 4) is 11.4 Å². The zero-order chi connectivity index (χ0) is 16.2. The van der Waals surface area contributed by atoms with Gasteiger partial charge in [-0.15, -0.1) is 0 Å². The van der Waals surface area contributed by atoms with Gasteiger partial charge in [-0.25, -0.2) is 4.79 Å². The van der Waals surface area contributed by atoms with Gasteiger partial charge in [0, 0.05) is 29.5 Å². The number of carbonyl (C=O) groups is 1. The molecule has 0 aliphatic carbocycles. The van der Waals surface area contributed by atoms with E-state index in [2.05, 4.69) is 15.3 Å². The smallest absolute Gasteiger partial charge is 0.339 e. The number of hydrogen-bond acceptors (Lipinski definition) is 5. The van der Waals surface area contributed by atoms with Crippen LogP contribution >= 0.6 is 0 Å². The van der Waals surface area contributed by atoms with Crippen molar-refractivity contribution < 1.29 is 9.53 Å². The largest absolute Gasteiger partial charge is 0.465 e. The molecule has 0 fully saturated rings. The first-order valence-electron chi connectivity index (χ1n) is 7.01. The first-order chi connectivity index (χ1) is 11.2. The summed E-state index contributed by atoms with van der Waals surface area (Å²) in [5.74, 6) is -0.387. The summed E-state index contributed by atoms with van der Waals surface area (Å²) in [6, 6.07) is 12.9. The number of methoxy groups -OCH3 is 1. The fourth-order valence-corrected chi connectivity index (χ4v) is 2.22. The van der Waals surface area contributed by atoms with Crippen LogP contribution in [0.3, 0.4) is 0 Å². The van der Waals surface area contributed by atoms with E-state index in [0.29, 0.717) is 16.9 Å². The molecule has 0 saturated carbocycles. The normalized spacial score (nSPS) is 10.3. The van der Waals surface area contributed by atoms with Gasteiger partial charge in [-0.05, 0) is 36.4 Å². The fourth-order valence-electron chi connectivity index (χ4n) is 2.22. The Morgan fingerprint density at radius 2 is 2.04 bits per heavy atom. The van der Waals surface area contributed by atoms with Crippen LogP contribution in [0.2, 0.25) is 0 Å². The van der Waals surface area contributed by atoms with Crippen LogP contribution in [0, 0.1) is 0 Å². The van der Waals surface area contributed by atoms with Crippen LogP contribution in [0.1, 0.15) is 10.4 Å². The van der Waals surface area contributed by atoms with E-state index in [1.54, 1.807) is 18.5 Å². The maximum Gasteiger partial charge on any atom is 0.339 e. The van der Waals surface area contributed by atoms with E-state index in [-0.39, 0.29) is 5.97 Å². The molecule has 6 heteroatoms. The van der Waals surface area contributed by atoms with Gasteiger partial charge in [-0.3, -0.25) is 4.98 Å². The minimum atomic E-state index is -0.387. The Hall–Kier alpha value is -3.28. The molecular formula is C17H16N4O2. The Kier molecular flexibility index (Phi) is 3.97. The van der Waals surface area contributed by atoms with Gasteiger partial charge in [0.05, 0.1) is 24.1 Å². The molecule has 0 spiro atoms. The molecule has 0 amide bonds. The van der Waals surface area contributed by atoms with Crippen LogP contribution in [0.15, 0.2) is 54.9 Å². The topological polar surface area (TPSA) is 93.0 Å². The van der Waals surface area contributed by atoms with Crippen molar-refractivity contribution in [1.82, 2.24) is 9.97 Å². The van der Waals surface area contributed by atoms with Gasteiger partial charge in [0.25, 0.3) is 0 Å². The molecule has 2 heterocycles. The molecule has 0 bridgehead atoms. The highest BCUT2D eigenvalue weighted by molar-refractivity contribution is 5.90. The summed E-state index contributed by atoms with van der Waals surface area (Å²) in [7, 11) is 1.35. The highest BCUT2D eigenvalue weighted by Gasteiger charge is 2.10. The lowest BCUT2D eigenvalue weighted by atomic mass is 10.2. The number of aromatic nitrogens is 2. The van der Waals surface area contributed by atoms with Crippen molar-refractivity contribution in [2.24, 2.45) is 0 Å². The van der Waals surface area contributed by atoms with Gasteiger partial charge >= 0.3 is 5.97 Å². The second-order valence-electron chi connectivity index (χ2n) is 4.97. The number of benzene rings is 1. The number of hydrogen-bond donors (Lipinski definition) is 3. The van der Waals surface area contributed by atoms with Gasteiger partial charge in [-0.2, -0.15) is 0 Å². The molecule has 1 aromatic carbocycles. The van der Waals surface area contributed by atoms with E-state index in [0.717, 1.165) is 17.1 Å². The van der Waals surface area contributed by atoms with E-state index in [4.69, 9.17) is 10.5 Å². The third-order valence-electron chi connectivity index (χ3n) is 3.32. The third kappa shape index (κ3) is 3.32. The maximum atomic E-state index is 11.5. The molecule has 0 aliphatic rings. The number of rotatable bonds is 4. The number of nitrogens with two attached hydrogens (primary N) is 1. The number of nitrogens with one attached hydrogen (secondary N) is 2. The SMILES string of the molecule is COC(=O)c1c[nH]c(-c2cc(Nc3cccc(N)c3)ccn2)c1. The van der Waals surface area contributed by atoms with Crippen LogP contribution in [0.4, 0.5) is 17.1 Å². The Bertz CT molecular complexity index is 842. The molecule has 3 rings (SSSR count). The maximum absolute atomic E-state index is 11.5. The summed E-state index contributed by atoms with van der Waals surface area (Å²) in [5, 5.41) is 3.27. The average Bonchev–Trinajstić information content (AvgIpc) is 3.04. The molecule has 0 unspecified atom stereocenters. The second kappa shape index (κ2) is 6.23. The summed E-state index contributed by atoms with van der Waals surface area (Å²) >= 11 is 0. The zero-order valence-electron chi connectivity index (χ0n) is 12.5. The van der Waals surface area contributed by atoms with E-state index in [9.17, 15) is 4.79 Å². The number of ether oxygens (including phenoxy) is 1. The number of nitrogen functional groups attached to an aromatic ring is 1. The number of nitrogens with zero attached hydrogens (tertiary/aromatic N) is 1. The summed E-state index contributed by atoms with van der Waals surface area (Å²) in [6.45, 7) is 0. The quantitative estimate of drug-likeness (QED) is 0.508. The molecule has 0 saturated heterocycles. The number of pyridine rings is 1. The van der Waals surface area contributed by atoms with Crippen LogP contribution in [0.25, 0.3) is 11.4 Å². The summed E-state index contributed by atoms with van der Waals surface area (Å²) in [5.41, 5.74) is 10.1. The Morgan fingerprint density at radius 3 is 2.83 bits per heavy atom. The van der Waals surface area contributed by atoms with Gasteiger partial charge < -0.3 is 20.8 Å². The molecule has 0 atom stereocenters. The summed E-state index contributed by atoms with van der Waals surface area (Å²) < 4.78 is 4.70. The molecule has 0 aliphatic heterocycles. The van der Waals surface area contributed by atoms with Crippen LogP contribution in [-0.4, -0.2) is 23.0 Å². The first kappa shape index (κ1) is 14.6. The van der Waals surface area contributed by atoms with Crippen molar-refractivity contribution in [2.75, 3.05) is 18.2 Å². The number of esters is 1. The van der Waals surface area contributed by atoms with Crippen molar-refractivity contribution in [3.63, 3.8) is 0 Å². The van der Waals surface area contributed by atoms with Gasteiger partial charge in [-0.1, -0.05) is 6.07 Å². The predicted molar refractivity (Wildman–Crippen MR) is 89.5 cm³/mol. The number of carbonyl (C=O) groups excluding carboxylic acids is 1. The molecule has 23 heavy (non-hydrogen) atoms. The highest BCUT2D eigenvalue weighted by atomic mass is 16.5. The minimum Gasteiger partial charge on any atom is -0.465 e. The van der Waals surface area contributed by atoms with Crippen molar-refractivity contribution in [2.45, 2.75) is 0 Å². The molecule has 2 aromatic heterocycles. The highest BCUT2D eigenvalue weighted by Crippen LogP contribution is 2.23. The van der Waals surface area contributed by atoms with Crippen molar-refractivity contribution in [3.05, 3.63) is 60.4 Å². The van der Waals surface area contributed by atoms with Crippen LogP contribution in [-0.2, 0) is 4.74 Å². The lowest BCUT2D eigenvalue weighted by molar-refractivity contribution is 0.0601. The second-order valence-corrected chi connectivity index (χ2v) is 4.97. The van der Waals surface area contributed by atoms with E-state index in [1.165, 1.54) is 7.11 Å². The average molecular weight is 308 g/mol. The monoisotopic (exact) mass is 308 g/mol. The molecule has 6 nitrogen and oxygen atoms in total. The lowest BCUT2D eigenvalue weighted by Gasteiger charge is -2.08. The van der Waals surface area contributed by atoms with Crippen LogP contribution < -0.4 is 11.1 Å². The summed E-state index contributed by atoms with van der Waals surface area (Å²) in [4.78, 5) is 18.9. The van der Waals surface area contributed by atoms with Crippen molar-refractivity contribution in [1.29, 1.82) is 0 Å². The zero-order valence-corrected chi connectivity index (χ0v) is 12.5. The van der Waals surface area contributed by atoms with Crippen LogP contribution in [0.5, 0.6) is 0 Å². The third-order valence-corrected chi connectivity index (χ3v) is 3.32. The van der Waals surface area contributed by atoms with E-state index >= 15 is 0 Å². The van der Waals surface area contributed by atoms with E-state index in [1.807, 2.05) is 36.4 Å². The Labute approximate surface area is 133 Å². The lowest BCUT2D eigenvalue weighted by Crippen LogP contribution is -1.98. The van der Waals surface area contributed by atoms with E-state index < -0.39 is 0 Å². The van der Waals surface area contributed by atoms with Gasteiger partial charge in [0.2, 0.25) is 0 Å². The molecular weight excluding hydrogens is 292 g/mol. The van der Waals surface area contributed by atoms with Gasteiger partial charge in [0.1, 0.15) is 0 Å². The number of H-pyrrole nitrogens is 1. The standard InChI is InChI=1S/C17H16N4O2/c1-23-17(22)11-7-15(20-10-11)16-9-14(5-6-19-16)21-13-4-2-3-12(18)8-13/h2-10,20H,18H2,1H3,(H,19,21). The Balaban J connectivity index is 1.85. The molecule has 3 aromatic rings. The Morgan fingerprint density at radius 1 is 1.22 bits per heavy atom. The fraction of sp³-hybridized carbons (Fsp3) is 0.0588. The predicted octanol–water partition coefficient (Wildman–Crippen LogP) is 3.19. The molecule has 4 N–H and O–H groups in total. The van der Waals surface area contributed by atoms with Gasteiger partial charge in [0.15, 0.2) is 0 Å². The van der Waals surface area contributed by atoms with Crippen molar-refractivity contribution >= 4 is 23.0 Å². The summed E-state index contributed by atoms with van der Waals surface area (Å²) in [6.07, 6.45) is 3.30. The molecule has 0 radical (unpaired) electrons.